The van der Waals surface area contributed by atoms with Crippen molar-refractivity contribution >= 4 is 23.5 Å². The fraction of sp³-hybridized carbons (Fsp3) is 0.158. The first-order chi connectivity index (χ1) is 13.6. The van der Waals surface area contributed by atoms with Crippen molar-refractivity contribution in [1.29, 1.82) is 0 Å². The number of para-hydroxylation sites is 1. The molecular weight excluding hydrogens is 386 g/mol. The predicted octanol–water partition coefficient (Wildman–Crippen LogP) is 2.63. The molecule has 8 nitrogen and oxygen atoms in total. The average molecular weight is 402 g/mol. The highest BCUT2D eigenvalue weighted by molar-refractivity contribution is 6.30. The lowest BCUT2D eigenvalue weighted by Crippen LogP contribution is -2.34. The number of esters is 1. The lowest BCUT2D eigenvalue weighted by atomic mass is 10.2. The number of nitrogens with one attached hydrogen (secondary N) is 1. The van der Waals surface area contributed by atoms with Gasteiger partial charge in [0.05, 0.1) is 0 Å². The van der Waals surface area contributed by atoms with Crippen molar-refractivity contribution in [3.8, 4) is 17.1 Å². The fourth-order valence-electron chi connectivity index (χ4n) is 2.14. The maximum absolute atomic E-state index is 11.7. The van der Waals surface area contributed by atoms with Gasteiger partial charge in [-0.3, -0.25) is 9.59 Å². The first-order valence-corrected chi connectivity index (χ1v) is 8.66. The normalized spacial score (nSPS) is 10.3. The minimum Gasteiger partial charge on any atom is -0.484 e. The van der Waals surface area contributed by atoms with Crippen molar-refractivity contribution in [1.82, 2.24) is 15.5 Å². The summed E-state index contributed by atoms with van der Waals surface area (Å²) in [6, 6.07) is 15.8. The van der Waals surface area contributed by atoms with Crippen LogP contribution in [-0.4, -0.2) is 35.2 Å². The van der Waals surface area contributed by atoms with Crippen LogP contribution in [0.25, 0.3) is 11.4 Å². The molecule has 28 heavy (non-hydrogen) atoms. The van der Waals surface area contributed by atoms with E-state index in [1.807, 2.05) is 6.07 Å². The number of nitrogens with zero attached hydrogens (tertiary/aromatic N) is 2. The Labute approximate surface area is 165 Å². The molecule has 1 amide bonds. The molecule has 144 valence electrons. The highest BCUT2D eigenvalue weighted by Crippen LogP contribution is 2.20. The number of rotatable bonds is 8. The van der Waals surface area contributed by atoms with E-state index in [1.54, 1.807) is 48.5 Å². The number of carbonyl (C=O) groups excluding carboxylic acids is 2. The van der Waals surface area contributed by atoms with E-state index in [2.05, 4.69) is 15.5 Å². The predicted molar refractivity (Wildman–Crippen MR) is 99.5 cm³/mol. The van der Waals surface area contributed by atoms with Crippen LogP contribution in [0.4, 0.5) is 0 Å². The molecule has 1 aromatic heterocycles. The molecule has 1 heterocycles. The maximum atomic E-state index is 11.7. The summed E-state index contributed by atoms with van der Waals surface area (Å²) >= 11 is 5.92. The van der Waals surface area contributed by atoms with Crippen molar-refractivity contribution in [2.45, 2.75) is 6.61 Å². The molecule has 0 atom stereocenters. The van der Waals surface area contributed by atoms with Crippen LogP contribution in [0.2, 0.25) is 5.02 Å². The van der Waals surface area contributed by atoms with Crippen LogP contribution in [0.3, 0.4) is 0 Å². The molecule has 0 spiro atoms. The minimum absolute atomic E-state index is 0.127. The van der Waals surface area contributed by atoms with Crippen molar-refractivity contribution < 1.29 is 23.6 Å². The van der Waals surface area contributed by atoms with Gasteiger partial charge in [-0.25, -0.2) is 0 Å². The van der Waals surface area contributed by atoms with Crippen LogP contribution in [0, 0.1) is 0 Å². The van der Waals surface area contributed by atoms with E-state index in [9.17, 15) is 9.59 Å². The number of hydrogen-bond acceptors (Lipinski definition) is 7. The first kappa shape index (κ1) is 19.4. The van der Waals surface area contributed by atoms with Gasteiger partial charge in [0.1, 0.15) is 12.3 Å². The van der Waals surface area contributed by atoms with Gasteiger partial charge in [-0.1, -0.05) is 47.1 Å². The quantitative estimate of drug-likeness (QED) is 0.578. The summed E-state index contributed by atoms with van der Waals surface area (Å²) < 4.78 is 15.3. The Morgan fingerprint density at radius 1 is 1.11 bits per heavy atom. The van der Waals surface area contributed by atoms with Gasteiger partial charge in [-0.2, -0.15) is 4.98 Å². The van der Waals surface area contributed by atoms with Gasteiger partial charge in [-0.05, 0) is 24.3 Å². The Morgan fingerprint density at radius 3 is 2.71 bits per heavy atom. The zero-order valence-corrected chi connectivity index (χ0v) is 15.4. The first-order valence-electron chi connectivity index (χ1n) is 8.29. The Hall–Kier alpha value is -3.39. The third-order valence-corrected chi connectivity index (χ3v) is 3.69. The smallest absolute Gasteiger partial charge is 0.325 e. The second-order valence-corrected chi connectivity index (χ2v) is 6.00. The van der Waals surface area contributed by atoms with E-state index in [1.165, 1.54) is 0 Å². The summed E-state index contributed by atoms with van der Waals surface area (Å²) in [5, 5.41) is 6.76. The number of ether oxygens (including phenoxy) is 2. The number of carbonyl (C=O) groups is 2. The monoisotopic (exact) mass is 401 g/mol. The Bertz CT molecular complexity index is 946. The van der Waals surface area contributed by atoms with Crippen LogP contribution in [0.15, 0.2) is 59.1 Å². The molecule has 0 aliphatic carbocycles. The highest BCUT2D eigenvalue weighted by atomic mass is 35.5. The van der Waals surface area contributed by atoms with Crippen molar-refractivity contribution in [3.05, 3.63) is 65.5 Å². The summed E-state index contributed by atoms with van der Waals surface area (Å²) in [5.74, 6) is -0.0634. The second kappa shape index (κ2) is 9.52. The summed E-state index contributed by atoms with van der Waals surface area (Å²) in [4.78, 5) is 27.5. The Balaban J connectivity index is 1.39. The van der Waals surface area contributed by atoms with Crippen molar-refractivity contribution in [3.63, 3.8) is 0 Å². The molecule has 1 N–H and O–H groups in total. The number of amides is 1. The van der Waals surface area contributed by atoms with Gasteiger partial charge in [0.15, 0.2) is 13.2 Å². The third-order valence-electron chi connectivity index (χ3n) is 3.45. The van der Waals surface area contributed by atoms with E-state index >= 15 is 0 Å². The molecular formula is C19H16ClN3O5. The topological polar surface area (TPSA) is 104 Å². The highest BCUT2D eigenvalue weighted by Gasteiger charge is 2.12. The summed E-state index contributed by atoms with van der Waals surface area (Å²) in [5.41, 5.74) is 0.680. The number of halogens is 1. The molecule has 0 aliphatic rings. The molecule has 0 fully saturated rings. The van der Waals surface area contributed by atoms with Gasteiger partial charge in [0.25, 0.3) is 11.8 Å². The Morgan fingerprint density at radius 2 is 1.93 bits per heavy atom. The van der Waals surface area contributed by atoms with E-state index in [4.69, 9.17) is 25.6 Å². The molecule has 0 bridgehead atoms. The number of hydrogen-bond donors (Lipinski definition) is 1. The van der Waals surface area contributed by atoms with Crippen LogP contribution in [0.5, 0.6) is 5.75 Å². The SMILES string of the molecule is O=C(COc1ccccc1)NCC(=O)OCc1nc(-c2cccc(Cl)c2)no1. The minimum atomic E-state index is -0.643. The lowest BCUT2D eigenvalue weighted by molar-refractivity contribution is -0.146. The van der Waals surface area contributed by atoms with Crippen LogP contribution in [-0.2, 0) is 20.9 Å². The molecule has 0 unspecified atom stereocenters. The van der Waals surface area contributed by atoms with Crippen molar-refractivity contribution in [2.24, 2.45) is 0 Å². The fourth-order valence-corrected chi connectivity index (χ4v) is 2.33. The zero-order valence-electron chi connectivity index (χ0n) is 14.6. The molecule has 0 radical (unpaired) electrons. The van der Waals surface area contributed by atoms with Crippen molar-refractivity contribution in [2.75, 3.05) is 13.2 Å². The maximum Gasteiger partial charge on any atom is 0.325 e. The molecule has 2 aromatic carbocycles. The molecule has 0 aliphatic heterocycles. The van der Waals surface area contributed by atoms with E-state index < -0.39 is 11.9 Å². The van der Waals surface area contributed by atoms with Crippen LogP contribution < -0.4 is 10.1 Å². The van der Waals surface area contributed by atoms with E-state index in [-0.39, 0.29) is 25.6 Å². The molecule has 0 saturated carbocycles. The lowest BCUT2D eigenvalue weighted by Gasteiger charge is -2.07. The van der Waals surface area contributed by atoms with Crippen LogP contribution >= 0.6 is 11.6 Å². The zero-order chi connectivity index (χ0) is 19.8. The van der Waals surface area contributed by atoms with E-state index in [0.29, 0.717) is 22.2 Å². The van der Waals surface area contributed by atoms with Gasteiger partial charge in [0.2, 0.25) is 5.82 Å². The molecule has 3 aromatic rings. The number of benzene rings is 2. The number of aromatic nitrogens is 2. The van der Waals surface area contributed by atoms with Gasteiger partial charge >= 0.3 is 5.97 Å². The summed E-state index contributed by atoms with van der Waals surface area (Å²) in [6.07, 6.45) is 0. The third kappa shape index (κ3) is 5.82. The molecule has 3 rings (SSSR count). The standard InChI is InChI=1S/C19H16ClN3O5/c20-14-6-4-5-13(9-14)19-22-17(28-23-19)12-27-18(25)10-21-16(24)11-26-15-7-2-1-3-8-15/h1-9H,10-12H2,(H,21,24). The summed E-state index contributed by atoms with van der Waals surface area (Å²) in [6.45, 7) is -0.709. The van der Waals surface area contributed by atoms with Gasteiger partial charge < -0.3 is 19.3 Å². The largest absolute Gasteiger partial charge is 0.484 e. The van der Waals surface area contributed by atoms with Gasteiger partial charge in [-0.15, -0.1) is 0 Å². The molecule has 0 saturated heterocycles. The van der Waals surface area contributed by atoms with E-state index in [0.717, 1.165) is 0 Å². The average Bonchev–Trinajstić information content (AvgIpc) is 3.19. The Kier molecular flexibility index (Phi) is 6.59. The molecule has 9 heteroatoms. The summed E-state index contributed by atoms with van der Waals surface area (Å²) in [7, 11) is 0. The van der Waals surface area contributed by atoms with Gasteiger partial charge in [0, 0.05) is 10.6 Å². The second-order valence-electron chi connectivity index (χ2n) is 5.56. The van der Waals surface area contributed by atoms with Crippen LogP contribution in [0.1, 0.15) is 5.89 Å².